The van der Waals surface area contributed by atoms with E-state index >= 15 is 4.39 Å². The molecular formula is C27H27ClF2N4O3. The number of nitrogens with zero attached hydrogens (tertiary/aromatic N) is 3. The summed E-state index contributed by atoms with van der Waals surface area (Å²) in [6.07, 6.45) is 2.88. The third-order valence-electron chi connectivity index (χ3n) is 5.84. The number of aromatic nitrogens is 3. The van der Waals surface area contributed by atoms with Crippen molar-refractivity contribution in [3.63, 3.8) is 0 Å². The van der Waals surface area contributed by atoms with Crippen molar-refractivity contribution < 1.29 is 23.7 Å². The topological polar surface area (TPSA) is 100 Å². The number of halogens is 3. The molecule has 1 atom stereocenters. The molecule has 0 bridgehead atoms. The fourth-order valence-corrected chi connectivity index (χ4v) is 4.13. The van der Waals surface area contributed by atoms with Gasteiger partial charge >= 0.3 is 0 Å². The molecule has 0 unspecified atom stereocenters. The summed E-state index contributed by atoms with van der Waals surface area (Å²) in [5, 5.41) is 23.2. The van der Waals surface area contributed by atoms with Crippen molar-refractivity contribution >= 4 is 28.2 Å². The minimum absolute atomic E-state index is 0.0851. The van der Waals surface area contributed by atoms with E-state index in [0.29, 0.717) is 44.2 Å². The molecule has 0 aliphatic heterocycles. The number of aliphatic hydroxyl groups is 2. The summed E-state index contributed by atoms with van der Waals surface area (Å²) in [4.78, 5) is 12.8. The van der Waals surface area contributed by atoms with Crippen LogP contribution in [0.2, 0.25) is 5.02 Å². The van der Waals surface area contributed by atoms with Crippen LogP contribution in [0.4, 0.5) is 14.5 Å². The lowest BCUT2D eigenvalue weighted by Crippen LogP contribution is -2.19. The van der Waals surface area contributed by atoms with E-state index < -0.39 is 23.3 Å². The second kappa shape index (κ2) is 10.5. The van der Waals surface area contributed by atoms with Gasteiger partial charge in [-0.25, -0.2) is 18.7 Å². The van der Waals surface area contributed by atoms with E-state index in [4.69, 9.17) is 21.4 Å². The molecule has 194 valence electrons. The normalized spacial score (nSPS) is 12.6. The summed E-state index contributed by atoms with van der Waals surface area (Å²) in [5.41, 5.74) is 1.03. The zero-order chi connectivity index (χ0) is 26.9. The maximum Gasteiger partial charge on any atom is 0.159 e. The Hall–Kier alpha value is -3.40. The minimum Gasteiger partial charge on any atom is -0.491 e. The lowest BCUT2D eigenvalue weighted by Gasteiger charge is -2.21. The van der Waals surface area contributed by atoms with E-state index in [2.05, 4.69) is 20.3 Å². The van der Waals surface area contributed by atoms with Gasteiger partial charge in [0.05, 0.1) is 34.6 Å². The smallest absolute Gasteiger partial charge is 0.159 e. The van der Waals surface area contributed by atoms with E-state index in [1.54, 1.807) is 39.8 Å². The van der Waals surface area contributed by atoms with E-state index in [-0.39, 0.29) is 24.6 Å². The Bertz CT molecular complexity index is 1440. The van der Waals surface area contributed by atoms with Gasteiger partial charge in [-0.3, -0.25) is 4.98 Å². The predicted molar refractivity (Wildman–Crippen MR) is 139 cm³/mol. The Labute approximate surface area is 218 Å². The Morgan fingerprint density at radius 2 is 1.81 bits per heavy atom. The molecule has 0 fully saturated rings. The van der Waals surface area contributed by atoms with Gasteiger partial charge in [0.15, 0.2) is 5.82 Å². The Kier molecular flexibility index (Phi) is 7.59. The van der Waals surface area contributed by atoms with Crippen molar-refractivity contribution in [2.75, 3.05) is 18.5 Å². The third kappa shape index (κ3) is 5.64. The minimum atomic E-state index is -1.24. The average Bonchev–Trinajstić information content (AvgIpc) is 2.85. The number of aliphatic hydroxyl groups excluding tert-OH is 1. The molecule has 10 heteroatoms. The molecule has 0 aliphatic carbocycles. The number of pyridine rings is 1. The van der Waals surface area contributed by atoms with Crippen LogP contribution in [0.15, 0.2) is 42.7 Å². The van der Waals surface area contributed by atoms with Gasteiger partial charge in [0.25, 0.3) is 0 Å². The largest absolute Gasteiger partial charge is 0.491 e. The number of benzene rings is 2. The van der Waals surface area contributed by atoms with Gasteiger partial charge in [-0.15, -0.1) is 0 Å². The fraction of sp³-hybridized carbons (Fsp3) is 0.296. The molecule has 0 amide bonds. The van der Waals surface area contributed by atoms with Crippen LogP contribution in [0, 0.1) is 18.6 Å². The summed E-state index contributed by atoms with van der Waals surface area (Å²) in [5.74, 6) is -0.348. The summed E-state index contributed by atoms with van der Waals surface area (Å²) < 4.78 is 35.3. The zero-order valence-electron chi connectivity index (χ0n) is 20.8. The molecule has 0 spiro atoms. The second-order valence-electron chi connectivity index (χ2n) is 9.21. The summed E-state index contributed by atoms with van der Waals surface area (Å²) in [7, 11) is 0. The maximum atomic E-state index is 15.2. The SMILES string of the molecule is Cc1nc2cc(F)c(-c3cnc(C(C)(C)O)nc3)cc2c(N[C@H](C)c2cc(OCCO)ccc2F)c1Cl. The number of anilines is 1. The Morgan fingerprint density at radius 3 is 2.46 bits per heavy atom. The standard InChI is InChI=1S/C27H27ClF2N4O3/c1-14(18-9-17(37-8-7-35)5-6-21(18)29)34-25-20-10-19(16-12-31-26(32-13-16)27(3,4)36)22(30)11-23(20)33-15(2)24(25)28/h5-6,9-14,35-36H,7-8H2,1-4H3,(H,33,34)/t14-/m1/s1. The van der Waals surface area contributed by atoms with Gasteiger partial charge in [0.1, 0.15) is 29.6 Å². The molecule has 2 heterocycles. The van der Waals surface area contributed by atoms with Crippen LogP contribution in [0.5, 0.6) is 5.75 Å². The van der Waals surface area contributed by atoms with Crippen LogP contribution in [0.25, 0.3) is 22.0 Å². The van der Waals surface area contributed by atoms with Crippen LogP contribution >= 0.6 is 11.6 Å². The number of hydrogen-bond donors (Lipinski definition) is 3. The van der Waals surface area contributed by atoms with Gasteiger partial charge in [-0.2, -0.15) is 0 Å². The number of nitrogens with one attached hydrogen (secondary N) is 1. The summed E-state index contributed by atoms with van der Waals surface area (Å²) in [6, 6.07) is 6.68. The number of rotatable bonds is 8. The highest BCUT2D eigenvalue weighted by Gasteiger charge is 2.22. The number of hydrogen-bond acceptors (Lipinski definition) is 7. The number of aryl methyl sites for hydroxylation is 1. The zero-order valence-corrected chi connectivity index (χ0v) is 21.6. The van der Waals surface area contributed by atoms with E-state index in [9.17, 15) is 9.50 Å². The van der Waals surface area contributed by atoms with E-state index in [0.717, 1.165) is 0 Å². The van der Waals surface area contributed by atoms with Gasteiger partial charge in [0, 0.05) is 40.5 Å². The molecular weight excluding hydrogens is 502 g/mol. The average molecular weight is 529 g/mol. The van der Waals surface area contributed by atoms with Crippen LogP contribution in [-0.2, 0) is 5.60 Å². The molecule has 4 aromatic rings. The quantitative estimate of drug-likeness (QED) is 0.269. The van der Waals surface area contributed by atoms with Crippen molar-refractivity contribution in [2.45, 2.75) is 39.3 Å². The van der Waals surface area contributed by atoms with Crippen LogP contribution < -0.4 is 10.1 Å². The van der Waals surface area contributed by atoms with Gasteiger partial charge < -0.3 is 20.3 Å². The van der Waals surface area contributed by atoms with Crippen LogP contribution in [-0.4, -0.2) is 38.4 Å². The lowest BCUT2D eigenvalue weighted by atomic mass is 10.0. The van der Waals surface area contributed by atoms with Crippen LogP contribution in [0.3, 0.4) is 0 Å². The van der Waals surface area contributed by atoms with Crippen molar-refractivity contribution in [3.8, 4) is 16.9 Å². The first-order chi connectivity index (χ1) is 17.5. The Morgan fingerprint density at radius 1 is 1.11 bits per heavy atom. The first kappa shape index (κ1) is 26.7. The van der Waals surface area contributed by atoms with Gasteiger partial charge in [-0.1, -0.05) is 11.6 Å². The van der Waals surface area contributed by atoms with Gasteiger partial charge in [-0.05, 0) is 52.0 Å². The predicted octanol–water partition coefficient (Wildman–Crippen LogP) is 5.70. The van der Waals surface area contributed by atoms with Crippen molar-refractivity contribution in [3.05, 3.63) is 76.5 Å². The molecule has 0 aliphatic rings. The molecule has 4 rings (SSSR count). The lowest BCUT2D eigenvalue weighted by molar-refractivity contribution is 0.0687. The summed E-state index contributed by atoms with van der Waals surface area (Å²) >= 11 is 6.63. The van der Waals surface area contributed by atoms with Crippen LogP contribution in [0.1, 0.15) is 43.9 Å². The van der Waals surface area contributed by atoms with Crippen molar-refractivity contribution in [1.82, 2.24) is 15.0 Å². The molecule has 3 N–H and O–H groups in total. The first-order valence-electron chi connectivity index (χ1n) is 11.6. The monoisotopic (exact) mass is 528 g/mol. The molecule has 0 saturated heterocycles. The van der Waals surface area contributed by atoms with Crippen molar-refractivity contribution in [2.24, 2.45) is 0 Å². The van der Waals surface area contributed by atoms with Gasteiger partial charge in [0.2, 0.25) is 0 Å². The van der Waals surface area contributed by atoms with E-state index in [1.807, 2.05) is 0 Å². The fourth-order valence-electron chi connectivity index (χ4n) is 3.93. The van der Waals surface area contributed by atoms with Crippen molar-refractivity contribution in [1.29, 1.82) is 0 Å². The summed E-state index contributed by atoms with van der Waals surface area (Å²) in [6.45, 7) is 6.51. The second-order valence-corrected chi connectivity index (χ2v) is 9.59. The third-order valence-corrected chi connectivity index (χ3v) is 6.31. The molecule has 2 aromatic heterocycles. The molecule has 37 heavy (non-hydrogen) atoms. The molecule has 2 aromatic carbocycles. The Balaban J connectivity index is 1.78. The maximum absolute atomic E-state index is 15.2. The molecule has 0 saturated carbocycles. The highest BCUT2D eigenvalue weighted by molar-refractivity contribution is 6.35. The number of fused-ring (bicyclic) bond motifs is 1. The molecule has 0 radical (unpaired) electrons. The highest BCUT2D eigenvalue weighted by Crippen LogP contribution is 2.38. The molecule has 7 nitrogen and oxygen atoms in total. The first-order valence-corrected chi connectivity index (χ1v) is 12.0. The van der Waals surface area contributed by atoms with E-state index in [1.165, 1.54) is 30.6 Å². The highest BCUT2D eigenvalue weighted by atomic mass is 35.5. The number of ether oxygens (including phenoxy) is 1.